The number of benzene rings is 2. The quantitative estimate of drug-likeness (QED) is 0.931. The van der Waals surface area contributed by atoms with E-state index in [1.807, 2.05) is 12.1 Å². The predicted molar refractivity (Wildman–Crippen MR) is 90.3 cm³/mol. The van der Waals surface area contributed by atoms with Crippen molar-refractivity contribution in [2.45, 2.75) is 19.0 Å². The van der Waals surface area contributed by atoms with E-state index in [0.29, 0.717) is 23.2 Å². The molecule has 2 heterocycles. The first kappa shape index (κ1) is 15.4. The fourth-order valence-electron chi connectivity index (χ4n) is 3.60. The number of rotatable bonds is 4. The average Bonchev–Trinajstić information content (AvgIpc) is 2.91. The zero-order valence-electron chi connectivity index (χ0n) is 13.4. The van der Waals surface area contributed by atoms with Crippen LogP contribution < -0.4 is 4.90 Å². The molecule has 1 N–H and O–H groups in total. The molecule has 2 aliphatic rings. The molecule has 0 radical (unpaired) electrons. The maximum absolute atomic E-state index is 13.0. The SMILES string of the molecule is O=C(O)CCCN1C(=O)c2ccccc2N2C(=O)c3ccccc3[C@H]12. The van der Waals surface area contributed by atoms with Gasteiger partial charge < -0.3 is 10.0 Å². The van der Waals surface area contributed by atoms with Crippen LogP contribution in [0.25, 0.3) is 0 Å². The van der Waals surface area contributed by atoms with Gasteiger partial charge in [0.1, 0.15) is 6.17 Å². The lowest BCUT2D eigenvalue weighted by molar-refractivity contribution is -0.137. The molecule has 4 rings (SSSR count). The van der Waals surface area contributed by atoms with E-state index in [0.717, 1.165) is 5.56 Å². The molecule has 6 heteroatoms. The first-order valence-corrected chi connectivity index (χ1v) is 8.14. The summed E-state index contributed by atoms with van der Waals surface area (Å²) >= 11 is 0. The third-order valence-electron chi connectivity index (χ3n) is 4.67. The Morgan fingerprint density at radius 2 is 1.64 bits per heavy atom. The minimum Gasteiger partial charge on any atom is -0.481 e. The highest BCUT2D eigenvalue weighted by Crippen LogP contribution is 2.45. The lowest BCUT2D eigenvalue weighted by atomic mass is 10.0. The molecule has 2 aromatic carbocycles. The van der Waals surface area contributed by atoms with Crippen LogP contribution in [-0.4, -0.2) is 34.3 Å². The third-order valence-corrected chi connectivity index (χ3v) is 4.67. The number of fused-ring (bicyclic) bond motifs is 5. The second-order valence-electron chi connectivity index (χ2n) is 6.15. The van der Waals surface area contributed by atoms with Crippen LogP contribution in [0.3, 0.4) is 0 Å². The van der Waals surface area contributed by atoms with Gasteiger partial charge in [-0.05, 0) is 24.6 Å². The van der Waals surface area contributed by atoms with Crippen LogP contribution in [0.2, 0.25) is 0 Å². The van der Waals surface area contributed by atoms with Crippen molar-refractivity contribution in [3.05, 3.63) is 65.2 Å². The summed E-state index contributed by atoms with van der Waals surface area (Å²) in [6.07, 6.45) is -0.197. The first-order valence-electron chi connectivity index (χ1n) is 8.14. The molecule has 2 aromatic rings. The number of anilines is 1. The average molecular weight is 336 g/mol. The Bertz CT molecular complexity index is 892. The van der Waals surface area contributed by atoms with E-state index in [2.05, 4.69) is 0 Å². The smallest absolute Gasteiger partial charge is 0.303 e. The molecule has 0 aliphatic carbocycles. The molecule has 2 amide bonds. The Morgan fingerprint density at radius 3 is 2.40 bits per heavy atom. The highest BCUT2D eigenvalue weighted by molar-refractivity contribution is 6.16. The Balaban J connectivity index is 1.81. The Hall–Kier alpha value is -3.15. The number of para-hydroxylation sites is 1. The summed E-state index contributed by atoms with van der Waals surface area (Å²) in [5.41, 5.74) is 2.44. The fourth-order valence-corrected chi connectivity index (χ4v) is 3.60. The molecule has 0 saturated carbocycles. The molecule has 0 unspecified atom stereocenters. The molecule has 0 fully saturated rings. The van der Waals surface area contributed by atoms with E-state index < -0.39 is 12.1 Å². The predicted octanol–water partition coefficient (Wildman–Crippen LogP) is 2.67. The highest BCUT2D eigenvalue weighted by atomic mass is 16.4. The second kappa shape index (κ2) is 5.73. The number of carboxylic acid groups (broad SMARTS) is 1. The number of aliphatic carboxylic acids is 1. The van der Waals surface area contributed by atoms with Crippen molar-refractivity contribution in [2.75, 3.05) is 11.4 Å². The van der Waals surface area contributed by atoms with Gasteiger partial charge in [0.15, 0.2) is 0 Å². The standard InChI is InChI=1S/C19H16N2O4/c22-16(23)10-5-11-20-17-12-6-1-2-7-13(12)19(25)21(17)15-9-4-3-8-14(15)18(20)24/h1-4,6-9,17H,5,10-11H2,(H,22,23)/t17-/m1/s1. The molecule has 0 spiro atoms. The summed E-state index contributed by atoms with van der Waals surface area (Å²) in [7, 11) is 0. The van der Waals surface area contributed by atoms with Crippen molar-refractivity contribution in [1.82, 2.24) is 4.90 Å². The molecule has 2 aliphatic heterocycles. The van der Waals surface area contributed by atoms with Crippen LogP contribution in [0.4, 0.5) is 5.69 Å². The van der Waals surface area contributed by atoms with Crippen molar-refractivity contribution in [3.63, 3.8) is 0 Å². The van der Waals surface area contributed by atoms with Crippen molar-refractivity contribution in [1.29, 1.82) is 0 Å². The maximum Gasteiger partial charge on any atom is 0.303 e. The summed E-state index contributed by atoms with van der Waals surface area (Å²) in [6.45, 7) is 0.280. The number of amides is 2. The molecule has 126 valence electrons. The van der Waals surface area contributed by atoms with E-state index in [4.69, 9.17) is 5.11 Å². The zero-order valence-corrected chi connectivity index (χ0v) is 13.4. The Kier molecular flexibility index (Phi) is 3.53. The van der Waals surface area contributed by atoms with Gasteiger partial charge in [0.25, 0.3) is 11.8 Å². The topological polar surface area (TPSA) is 77.9 Å². The van der Waals surface area contributed by atoms with Gasteiger partial charge in [-0.1, -0.05) is 30.3 Å². The minimum absolute atomic E-state index is 0.0201. The number of nitrogens with zero attached hydrogens (tertiary/aromatic N) is 2. The summed E-state index contributed by atoms with van der Waals surface area (Å²) in [4.78, 5) is 40.0. The molecular formula is C19H16N2O4. The van der Waals surface area contributed by atoms with Gasteiger partial charge in [0.2, 0.25) is 0 Å². The fraction of sp³-hybridized carbons (Fsp3) is 0.211. The number of hydrogen-bond donors (Lipinski definition) is 1. The summed E-state index contributed by atoms with van der Waals surface area (Å²) < 4.78 is 0. The highest BCUT2D eigenvalue weighted by Gasteiger charge is 2.47. The summed E-state index contributed by atoms with van der Waals surface area (Å²) in [6, 6.07) is 14.3. The summed E-state index contributed by atoms with van der Waals surface area (Å²) in [5, 5.41) is 8.89. The minimum atomic E-state index is -0.899. The molecule has 25 heavy (non-hydrogen) atoms. The number of hydrogen-bond acceptors (Lipinski definition) is 3. The van der Waals surface area contributed by atoms with E-state index in [1.165, 1.54) is 0 Å². The monoisotopic (exact) mass is 336 g/mol. The van der Waals surface area contributed by atoms with E-state index in [1.54, 1.807) is 46.2 Å². The van der Waals surface area contributed by atoms with Crippen LogP contribution in [-0.2, 0) is 4.79 Å². The zero-order chi connectivity index (χ0) is 17.6. The lowest BCUT2D eigenvalue weighted by Crippen LogP contribution is -2.48. The summed E-state index contributed by atoms with van der Waals surface area (Å²) in [5.74, 6) is -1.21. The molecule has 0 bridgehead atoms. The van der Waals surface area contributed by atoms with Gasteiger partial charge >= 0.3 is 5.97 Å². The van der Waals surface area contributed by atoms with Crippen LogP contribution in [0.1, 0.15) is 45.3 Å². The van der Waals surface area contributed by atoms with Gasteiger partial charge in [0.05, 0.1) is 11.3 Å². The van der Waals surface area contributed by atoms with Crippen LogP contribution in [0.15, 0.2) is 48.5 Å². The van der Waals surface area contributed by atoms with Crippen molar-refractivity contribution >= 4 is 23.5 Å². The largest absolute Gasteiger partial charge is 0.481 e. The Labute approximate surface area is 144 Å². The van der Waals surface area contributed by atoms with E-state index >= 15 is 0 Å². The van der Waals surface area contributed by atoms with Crippen LogP contribution in [0, 0.1) is 0 Å². The van der Waals surface area contributed by atoms with Gasteiger partial charge in [-0.15, -0.1) is 0 Å². The van der Waals surface area contributed by atoms with Crippen molar-refractivity contribution in [2.24, 2.45) is 0 Å². The van der Waals surface area contributed by atoms with E-state index in [9.17, 15) is 14.4 Å². The van der Waals surface area contributed by atoms with Gasteiger partial charge in [-0.25, -0.2) is 0 Å². The Morgan fingerprint density at radius 1 is 0.960 bits per heavy atom. The van der Waals surface area contributed by atoms with Gasteiger partial charge in [-0.2, -0.15) is 0 Å². The van der Waals surface area contributed by atoms with Gasteiger partial charge in [0, 0.05) is 24.1 Å². The molecule has 0 saturated heterocycles. The van der Waals surface area contributed by atoms with Crippen molar-refractivity contribution in [3.8, 4) is 0 Å². The number of carboxylic acids is 1. The maximum atomic E-state index is 13.0. The number of carbonyl (C=O) groups excluding carboxylic acids is 2. The van der Waals surface area contributed by atoms with Crippen LogP contribution >= 0.6 is 0 Å². The first-order chi connectivity index (χ1) is 12.1. The molecule has 6 nitrogen and oxygen atoms in total. The number of carbonyl (C=O) groups is 3. The third kappa shape index (κ3) is 2.29. The normalized spacial score (nSPS) is 18.0. The molecule has 1 atom stereocenters. The second-order valence-corrected chi connectivity index (χ2v) is 6.15. The van der Waals surface area contributed by atoms with E-state index in [-0.39, 0.29) is 24.8 Å². The molecular weight excluding hydrogens is 320 g/mol. The van der Waals surface area contributed by atoms with Crippen LogP contribution in [0.5, 0.6) is 0 Å². The molecule has 0 aromatic heterocycles. The lowest BCUT2D eigenvalue weighted by Gasteiger charge is -2.40. The van der Waals surface area contributed by atoms with Crippen molar-refractivity contribution < 1.29 is 19.5 Å². The van der Waals surface area contributed by atoms with Gasteiger partial charge in [-0.3, -0.25) is 19.3 Å².